The average Bonchev–Trinajstić information content (AvgIpc) is 2.46. The van der Waals surface area contributed by atoms with Crippen molar-refractivity contribution in [3.8, 4) is 0 Å². The van der Waals surface area contributed by atoms with Crippen molar-refractivity contribution in [2.45, 2.75) is 38.6 Å². The van der Waals surface area contributed by atoms with E-state index < -0.39 is 0 Å². The maximum atomic E-state index is 5.89. The Bertz CT molecular complexity index is 411. The van der Waals surface area contributed by atoms with Crippen LogP contribution in [0.5, 0.6) is 0 Å². The predicted octanol–water partition coefficient (Wildman–Crippen LogP) is 3.65. The first-order valence-electron chi connectivity index (χ1n) is 7.26. The molecule has 0 N–H and O–H groups in total. The van der Waals surface area contributed by atoms with Gasteiger partial charge in [0.2, 0.25) is 0 Å². The summed E-state index contributed by atoms with van der Waals surface area (Å²) in [5.74, 6) is 0.597. The van der Waals surface area contributed by atoms with Crippen molar-refractivity contribution in [2.75, 3.05) is 31.6 Å². The highest BCUT2D eigenvalue weighted by molar-refractivity contribution is 6.17. The van der Waals surface area contributed by atoms with Gasteiger partial charge >= 0.3 is 0 Å². The lowest BCUT2D eigenvalue weighted by Crippen LogP contribution is -2.43. The Morgan fingerprint density at radius 1 is 1.32 bits per heavy atom. The Morgan fingerprint density at radius 3 is 2.53 bits per heavy atom. The normalized spacial score (nSPS) is 17.7. The van der Waals surface area contributed by atoms with E-state index in [1.54, 1.807) is 0 Å². The monoisotopic (exact) mass is 280 g/mol. The maximum Gasteiger partial charge on any atom is 0.0474 e. The lowest BCUT2D eigenvalue weighted by atomic mass is 10.0. The summed E-state index contributed by atoms with van der Waals surface area (Å²) >= 11 is 5.89. The van der Waals surface area contributed by atoms with E-state index in [1.165, 1.54) is 49.3 Å². The van der Waals surface area contributed by atoms with Crippen LogP contribution in [-0.4, -0.2) is 37.6 Å². The predicted molar refractivity (Wildman–Crippen MR) is 84.3 cm³/mol. The molecular weight excluding hydrogens is 256 g/mol. The van der Waals surface area contributed by atoms with Crippen LogP contribution in [0.15, 0.2) is 18.2 Å². The Balaban J connectivity index is 2.05. The quantitative estimate of drug-likeness (QED) is 0.777. The fraction of sp³-hybridized carbons (Fsp3) is 0.625. The Labute approximate surface area is 122 Å². The van der Waals surface area contributed by atoms with Crippen molar-refractivity contribution < 1.29 is 0 Å². The number of piperidine rings is 1. The molecule has 106 valence electrons. The van der Waals surface area contributed by atoms with Crippen molar-refractivity contribution in [3.05, 3.63) is 29.3 Å². The van der Waals surface area contributed by atoms with Crippen LogP contribution in [0, 0.1) is 6.92 Å². The third kappa shape index (κ3) is 3.43. The van der Waals surface area contributed by atoms with Gasteiger partial charge in [-0.15, -0.1) is 11.6 Å². The molecule has 0 radical (unpaired) electrons. The summed E-state index contributed by atoms with van der Waals surface area (Å²) in [6.45, 7) is 8.07. The summed E-state index contributed by atoms with van der Waals surface area (Å²) in [7, 11) is 2.23. The highest BCUT2D eigenvalue weighted by atomic mass is 35.5. The molecule has 1 aliphatic rings. The number of anilines is 1. The molecule has 1 aliphatic heterocycles. The van der Waals surface area contributed by atoms with Gasteiger partial charge in [-0.3, -0.25) is 0 Å². The lowest BCUT2D eigenvalue weighted by Gasteiger charge is -2.38. The van der Waals surface area contributed by atoms with Gasteiger partial charge in [0.1, 0.15) is 0 Å². The van der Waals surface area contributed by atoms with Gasteiger partial charge in [-0.1, -0.05) is 19.1 Å². The second-order valence-electron chi connectivity index (χ2n) is 5.53. The largest absolute Gasteiger partial charge is 0.371 e. The molecule has 0 amide bonds. The fourth-order valence-electron chi connectivity index (χ4n) is 3.02. The standard InChI is InChI=1S/C16H25ClN2/c1-4-19-9-7-15(8-10-19)18(3)16-6-5-14(12-17)11-13(16)2/h5-6,11,15H,4,7-10,12H2,1-3H3. The number of likely N-dealkylation sites (tertiary alicyclic amines) is 1. The second-order valence-corrected chi connectivity index (χ2v) is 5.80. The number of halogens is 1. The van der Waals surface area contributed by atoms with Crippen LogP contribution < -0.4 is 4.90 Å². The zero-order valence-corrected chi connectivity index (χ0v) is 13.1. The molecule has 1 saturated heterocycles. The first kappa shape index (κ1) is 14.7. The molecule has 2 nitrogen and oxygen atoms in total. The molecule has 1 aromatic rings. The highest BCUT2D eigenvalue weighted by Crippen LogP contribution is 2.26. The van der Waals surface area contributed by atoms with Crippen LogP contribution in [-0.2, 0) is 5.88 Å². The minimum Gasteiger partial charge on any atom is -0.371 e. The molecule has 0 saturated carbocycles. The number of alkyl halides is 1. The topological polar surface area (TPSA) is 6.48 Å². The number of aryl methyl sites for hydroxylation is 1. The van der Waals surface area contributed by atoms with E-state index >= 15 is 0 Å². The van der Waals surface area contributed by atoms with Crippen molar-refractivity contribution in [3.63, 3.8) is 0 Å². The Hall–Kier alpha value is -0.730. The van der Waals surface area contributed by atoms with E-state index in [4.69, 9.17) is 11.6 Å². The van der Waals surface area contributed by atoms with Gasteiger partial charge in [-0.2, -0.15) is 0 Å². The van der Waals surface area contributed by atoms with Crippen molar-refractivity contribution in [2.24, 2.45) is 0 Å². The molecule has 0 aromatic heterocycles. The van der Waals surface area contributed by atoms with Crippen LogP contribution in [0.2, 0.25) is 0 Å². The zero-order chi connectivity index (χ0) is 13.8. The third-order valence-electron chi connectivity index (χ3n) is 4.35. The molecule has 3 heteroatoms. The third-order valence-corrected chi connectivity index (χ3v) is 4.66. The van der Waals surface area contributed by atoms with Crippen molar-refractivity contribution in [1.29, 1.82) is 0 Å². The highest BCUT2D eigenvalue weighted by Gasteiger charge is 2.22. The lowest BCUT2D eigenvalue weighted by molar-refractivity contribution is 0.221. The first-order chi connectivity index (χ1) is 9.15. The average molecular weight is 281 g/mol. The number of benzene rings is 1. The SMILES string of the molecule is CCN1CCC(N(C)c2ccc(CCl)cc2C)CC1. The molecule has 19 heavy (non-hydrogen) atoms. The molecule has 1 fully saturated rings. The van der Waals surface area contributed by atoms with Gasteiger partial charge in [0, 0.05) is 37.7 Å². The van der Waals surface area contributed by atoms with E-state index in [9.17, 15) is 0 Å². The second kappa shape index (κ2) is 6.62. The summed E-state index contributed by atoms with van der Waals surface area (Å²) < 4.78 is 0. The van der Waals surface area contributed by atoms with Gasteiger partial charge in [-0.05, 0) is 43.5 Å². The molecule has 1 aromatic carbocycles. The van der Waals surface area contributed by atoms with Crippen LogP contribution in [0.25, 0.3) is 0 Å². The molecule has 0 atom stereocenters. The van der Waals surface area contributed by atoms with Crippen molar-refractivity contribution >= 4 is 17.3 Å². The van der Waals surface area contributed by atoms with E-state index in [0.717, 1.165) is 0 Å². The van der Waals surface area contributed by atoms with Crippen LogP contribution >= 0.6 is 11.6 Å². The Kier molecular flexibility index (Phi) is 5.12. The number of rotatable bonds is 4. The van der Waals surface area contributed by atoms with E-state index in [2.05, 4.69) is 48.9 Å². The Morgan fingerprint density at radius 2 is 2.00 bits per heavy atom. The number of hydrogen-bond donors (Lipinski definition) is 0. The van der Waals surface area contributed by atoms with Gasteiger partial charge in [0.05, 0.1) is 0 Å². The summed E-state index contributed by atoms with van der Waals surface area (Å²) in [4.78, 5) is 4.99. The molecular formula is C16H25ClN2. The molecule has 2 rings (SSSR count). The van der Waals surface area contributed by atoms with Crippen LogP contribution in [0.1, 0.15) is 30.9 Å². The molecule has 0 bridgehead atoms. The van der Waals surface area contributed by atoms with E-state index in [-0.39, 0.29) is 0 Å². The van der Waals surface area contributed by atoms with Gasteiger partial charge in [0.15, 0.2) is 0 Å². The zero-order valence-electron chi connectivity index (χ0n) is 12.3. The van der Waals surface area contributed by atoms with Gasteiger partial charge < -0.3 is 9.80 Å². The van der Waals surface area contributed by atoms with E-state index in [1.807, 2.05) is 0 Å². The van der Waals surface area contributed by atoms with Gasteiger partial charge in [-0.25, -0.2) is 0 Å². The number of nitrogens with zero attached hydrogens (tertiary/aromatic N) is 2. The minimum absolute atomic E-state index is 0.597. The molecule has 0 unspecified atom stereocenters. The minimum atomic E-state index is 0.597. The summed E-state index contributed by atoms with van der Waals surface area (Å²) in [5, 5.41) is 0. The van der Waals surface area contributed by atoms with Crippen molar-refractivity contribution in [1.82, 2.24) is 4.90 Å². The number of hydrogen-bond acceptors (Lipinski definition) is 2. The maximum absolute atomic E-state index is 5.89. The summed E-state index contributed by atoms with van der Waals surface area (Å²) in [5.41, 5.74) is 3.89. The van der Waals surface area contributed by atoms with E-state index in [0.29, 0.717) is 11.9 Å². The smallest absolute Gasteiger partial charge is 0.0474 e. The van der Waals surface area contributed by atoms with Crippen LogP contribution in [0.3, 0.4) is 0 Å². The first-order valence-corrected chi connectivity index (χ1v) is 7.79. The molecule has 0 aliphatic carbocycles. The molecule has 1 heterocycles. The summed E-state index contributed by atoms with van der Waals surface area (Å²) in [6.07, 6.45) is 2.53. The molecule has 0 spiro atoms. The fourth-order valence-corrected chi connectivity index (χ4v) is 3.18. The summed E-state index contributed by atoms with van der Waals surface area (Å²) in [6, 6.07) is 7.25. The van der Waals surface area contributed by atoms with Crippen LogP contribution in [0.4, 0.5) is 5.69 Å². The van der Waals surface area contributed by atoms with Gasteiger partial charge in [0.25, 0.3) is 0 Å².